The quantitative estimate of drug-likeness (QED) is 0.787. The normalized spacial score (nSPS) is 10.5. The molecule has 0 bridgehead atoms. The van der Waals surface area contributed by atoms with E-state index in [1.165, 1.54) is 0 Å². The van der Waals surface area contributed by atoms with Gasteiger partial charge in [-0.05, 0) is 19.1 Å². The van der Waals surface area contributed by atoms with Crippen molar-refractivity contribution >= 4 is 28.7 Å². The standard InChI is InChI=1S/C13H17N5OS/c1-9-5-10(13(14)20)6-12(16-9)17-11-7-15-18(8-11)3-4-19-2/h5-8H,3-4H2,1-2H3,(H2,14,20)(H,16,17). The third-order valence-electron chi connectivity index (χ3n) is 2.67. The number of aromatic nitrogens is 3. The van der Waals surface area contributed by atoms with Crippen LogP contribution in [-0.4, -0.2) is 33.5 Å². The van der Waals surface area contributed by atoms with E-state index in [0.29, 0.717) is 24.0 Å². The van der Waals surface area contributed by atoms with E-state index in [-0.39, 0.29) is 0 Å². The van der Waals surface area contributed by atoms with E-state index < -0.39 is 0 Å². The number of hydrogen-bond donors (Lipinski definition) is 2. The maximum Gasteiger partial charge on any atom is 0.131 e. The minimum absolute atomic E-state index is 0.356. The van der Waals surface area contributed by atoms with Gasteiger partial charge in [0.2, 0.25) is 0 Å². The zero-order valence-corrected chi connectivity index (χ0v) is 12.3. The van der Waals surface area contributed by atoms with Crippen LogP contribution >= 0.6 is 12.2 Å². The average molecular weight is 291 g/mol. The number of nitrogens with one attached hydrogen (secondary N) is 1. The number of aryl methyl sites for hydroxylation is 1. The Morgan fingerprint density at radius 1 is 1.50 bits per heavy atom. The zero-order chi connectivity index (χ0) is 14.5. The lowest BCUT2D eigenvalue weighted by Gasteiger charge is -2.06. The third kappa shape index (κ3) is 3.75. The predicted molar refractivity (Wildman–Crippen MR) is 82.2 cm³/mol. The van der Waals surface area contributed by atoms with Crippen molar-refractivity contribution in [3.63, 3.8) is 0 Å². The topological polar surface area (TPSA) is 78.0 Å². The number of thiocarbonyl (C=S) groups is 1. The summed E-state index contributed by atoms with van der Waals surface area (Å²) in [4.78, 5) is 4.75. The fourth-order valence-electron chi connectivity index (χ4n) is 1.76. The van der Waals surface area contributed by atoms with Crippen LogP contribution in [0.4, 0.5) is 11.5 Å². The Labute approximate surface area is 123 Å². The second-order valence-electron chi connectivity index (χ2n) is 4.36. The fraction of sp³-hybridized carbons (Fsp3) is 0.308. The van der Waals surface area contributed by atoms with E-state index in [9.17, 15) is 0 Å². The molecule has 2 aromatic heterocycles. The van der Waals surface area contributed by atoms with Gasteiger partial charge in [0.15, 0.2) is 0 Å². The van der Waals surface area contributed by atoms with Crippen LogP contribution in [0.25, 0.3) is 0 Å². The molecule has 106 valence electrons. The van der Waals surface area contributed by atoms with Gasteiger partial charge >= 0.3 is 0 Å². The van der Waals surface area contributed by atoms with Gasteiger partial charge in [0.1, 0.15) is 10.8 Å². The number of pyridine rings is 1. The Hall–Kier alpha value is -1.99. The zero-order valence-electron chi connectivity index (χ0n) is 11.5. The first-order valence-corrected chi connectivity index (χ1v) is 6.56. The van der Waals surface area contributed by atoms with Crippen molar-refractivity contribution in [2.75, 3.05) is 19.0 Å². The highest BCUT2D eigenvalue weighted by Gasteiger charge is 2.04. The summed E-state index contributed by atoms with van der Waals surface area (Å²) in [6.45, 7) is 3.22. The van der Waals surface area contributed by atoms with Gasteiger partial charge in [-0.2, -0.15) is 5.10 Å². The lowest BCUT2D eigenvalue weighted by atomic mass is 10.2. The molecule has 0 aliphatic heterocycles. The summed E-state index contributed by atoms with van der Waals surface area (Å²) in [5, 5.41) is 7.41. The number of rotatable bonds is 6. The summed E-state index contributed by atoms with van der Waals surface area (Å²) in [6.07, 6.45) is 3.63. The number of methoxy groups -OCH3 is 1. The summed E-state index contributed by atoms with van der Waals surface area (Å²) >= 11 is 4.99. The summed E-state index contributed by atoms with van der Waals surface area (Å²) in [7, 11) is 1.66. The number of hydrogen-bond acceptors (Lipinski definition) is 5. The molecule has 0 aliphatic carbocycles. The summed E-state index contributed by atoms with van der Waals surface area (Å²) in [6, 6.07) is 3.68. The molecule has 2 heterocycles. The van der Waals surface area contributed by atoms with Crippen molar-refractivity contribution in [2.45, 2.75) is 13.5 Å². The van der Waals surface area contributed by atoms with Gasteiger partial charge in [0.25, 0.3) is 0 Å². The molecular formula is C13H17N5OS. The highest BCUT2D eigenvalue weighted by Crippen LogP contribution is 2.16. The molecular weight excluding hydrogens is 274 g/mol. The van der Waals surface area contributed by atoms with Crippen LogP contribution < -0.4 is 11.1 Å². The summed E-state index contributed by atoms with van der Waals surface area (Å²) in [5.41, 5.74) is 8.15. The van der Waals surface area contributed by atoms with Crippen LogP contribution in [0.5, 0.6) is 0 Å². The number of nitrogens with zero attached hydrogens (tertiary/aromatic N) is 3. The molecule has 0 atom stereocenters. The molecule has 6 nitrogen and oxygen atoms in total. The monoisotopic (exact) mass is 291 g/mol. The third-order valence-corrected chi connectivity index (χ3v) is 2.90. The van der Waals surface area contributed by atoms with E-state index in [1.54, 1.807) is 18.0 Å². The van der Waals surface area contributed by atoms with Crippen LogP contribution in [-0.2, 0) is 11.3 Å². The van der Waals surface area contributed by atoms with Gasteiger partial charge in [-0.25, -0.2) is 4.98 Å². The van der Waals surface area contributed by atoms with Crippen LogP contribution in [0.15, 0.2) is 24.5 Å². The molecule has 0 unspecified atom stereocenters. The van der Waals surface area contributed by atoms with Gasteiger partial charge in [0, 0.05) is 24.6 Å². The number of anilines is 2. The van der Waals surface area contributed by atoms with Gasteiger partial charge < -0.3 is 15.8 Å². The summed E-state index contributed by atoms with van der Waals surface area (Å²) in [5.74, 6) is 0.694. The van der Waals surface area contributed by atoms with Crippen molar-refractivity contribution in [3.05, 3.63) is 35.8 Å². The Balaban J connectivity index is 2.13. The lowest BCUT2D eigenvalue weighted by molar-refractivity contribution is 0.183. The first-order valence-electron chi connectivity index (χ1n) is 6.15. The lowest BCUT2D eigenvalue weighted by Crippen LogP contribution is -2.10. The van der Waals surface area contributed by atoms with Crippen molar-refractivity contribution in [1.29, 1.82) is 0 Å². The maximum atomic E-state index is 5.65. The molecule has 0 aromatic carbocycles. The average Bonchev–Trinajstić information content (AvgIpc) is 2.83. The molecule has 0 amide bonds. The Morgan fingerprint density at radius 2 is 2.30 bits per heavy atom. The van der Waals surface area contributed by atoms with Gasteiger partial charge in [-0.15, -0.1) is 0 Å². The molecule has 0 spiro atoms. The van der Waals surface area contributed by atoms with E-state index in [2.05, 4.69) is 15.4 Å². The van der Waals surface area contributed by atoms with Crippen molar-refractivity contribution in [1.82, 2.24) is 14.8 Å². The fourth-order valence-corrected chi connectivity index (χ4v) is 1.88. The Kier molecular flexibility index (Phi) is 4.65. The second-order valence-corrected chi connectivity index (χ2v) is 4.80. The van der Waals surface area contributed by atoms with Crippen molar-refractivity contribution < 1.29 is 4.74 Å². The molecule has 0 radical (unpaired) electrons. The molecule has 3 N–H and O–H groups in total. The predicted octanol–water partition coefficient (Wildman–Crippen LogP) is 1.61. The van der Waals surface area contributed by atoms with Crippen LogP contribution in [0.3, 0.4) is 0 Å². The second kappa shape index (κ2) is 6.44. The first-order chi connectivity index (χ1) is 9.58. The highest BCUT2D eigenvalue weighted by molar-refractivity contribution is 7.80. The van der Waals surface area contributed by atoms with E-state index >= 15 is 0 Å². The minimum Gasteiger partial charge on any atom is -0.389 e. The van der Waals surface area contributed by atoms with Crippen molar-refractivity contribution in [2.24, 2.45) is 5.73 Å². The van der Waals surface area contributed by atoms with Crippen LogP contribution in [0.1, 0.15) is 11.3 Å². The van der Waals surface area contributed by atoms with Crippen molar-refractivity contribution in [3.8, 4) is 0 Å². The number of nitrogens with two attached hydrogens (primary N) is 1. The van der Waals surface area contributed by atoms with Crippen LogP contribution in [0, 0.1) is 6.92 Å². The molecule has 0 saturated heterocycles. The largest absolute Gasteiger partial charge is 0.389 e. The van der Waals surface area contributed by atoms with Gasteiger partial charge in [-0.1, -0.05) is 12.2 Å². The highest BCUT2D eigenvalue weighted by atomic mass is 32.1. The molecule has 0 fully saturated rings. The van der Waals surface area contributed by atoms with E-state index in [0.717, 1.165) is 16.9 Å². The Morgan fingerprint density at radius 3 is 3.00 bits per heavy atom. The summed E-state index contributed by atoms with van der Waals surface area (Å²) < 4.78 is 6.81. The minimum atomic E-state index is 0.356. The molecule has 0 saturated carbocycles. The van der Waals surface area contributed by atoms with Gasteiger partial charge in [0.05, 0.1) is 25.0 Å². The van der Waals surface area contributed by atoms with E-state index in [4.69, 9.17) is 22.7 Å². The van der Waals surface area contributed by atoms with Gasteiger partial charge in [-0.3, -0.25) is 4.68 Å². The Bertz CT molecular complexity index is 611. The maximum absolute atomic E-state index is 5.65. The first kappa shape index (κ1) is 14.4. The molecule has 2 aromatic rings. The molecule has 7 heteroatoms. The molecule has 0 aliphatic rings. The smallest absolute Gasteiger partial charge is 0.131 e. The molecule has 20 heavy (non-hydrogen) atoms. The van der Waals surface area contributed by atoms with E-state index in [1.807, 2.05) is 25.3 Å². The SMILES string of the molecule is COCCn1cc(Nc2cc(C(N)=S)cc(C)n2)cn1. The van der Waals surface area contributed by atoms with Crippen LogP contribution in [0.2, 0.25) is 0 Å². The molecule has 2 rings (SSSR count). The number of ether oxygens (including phenoxy) is 1.